The van der Waals surface area contributed by atoms with Gasteiger partial charge in [-0.1, -0.05) is 0 Å². The molecule has 0 aliphatic heterocycles. The number of hydrogen-bond donors (Lipinski definition) is 2. The maximum atomic E-state index is 8.76. The van der Waals surface area contributed by atoms with Gasteiger partial charge in [-0.25, -0.2) is 0 Å². The summed E-state index contributed by atoms with van der Waals surface area (Å²) in [5.41, 5.74) is 0. The molecule has 6 heteroatoms. The zero-order valence-corrected chi connectivity index (χ0v) is 5.98. The molecular formula is H3LiMnO3Se. The average Bonchev–Trinajstić information content (AvgIpc) is 0.811. The quantitative estimate of drug-likeness (QED) is 0.380. The fourth-order valence-electron chi connectivity index (χ4n) is 0. The molecule has 0 aliphatic rings. The Balaban J connectivity index is -0.0000000150. The molecule has 0 aromatic carbocycles. The molecular weight excluding hydrogens is 189 g/mol. The van der Waals surface area contributed by atoms with Gasteiger partial charge < -0.3 is 1.43 Å². The summed E-state index contributed by atoms with van der Waals surface area (Å²) in [6.07, 6.45) is 0. The first-order valence-electron chi connectivity index (χ1n) is 0.532. The van der Waals surface area contributed by atoms with Crippen molar-refractivity contribution in [3.8, 4) is 0 Å². The zero-order valence-electron chi connectivity index (χ0n) is 4.09. The molecule has 0 bridgehead atoms. The van der Waals surface area contributed by atoms with Gasteiger partial charge in [-0.3, -0.25) is 0 Å². The largest absolute Gasteiger partial charge is 1.00 e. The molecule has 2 N–H and O–H groups in total. The Kier molecular flexibility index (Phi) is 25.1. The first kappa shape index (κ1) is 15.7. The van der Waals surface area contributed by atoms with Gasteiger partial charge in [0, 0.05) is 17.1 Å². The van der Waals surface area contributed by atoms with Crippen molar-refractivity contribution in [1.29, 1.82) is 0 Å². The van der Waals surface area contributed by atoms with E-state index in [9.17, 15) is 0 Å². The maximum absolute atomic E-state index is 8.76. The van der Waals surface area contributed by atoms with Crippen LogP contribution in [0.1, 0.15) is 1.43 Å². The Bertz CT molecular complexity index is 37.9. The summed E-state index contributed by atoms with van der Waals surface area (Å²) in [4.78, 5) is 0. The molecule has 35 valence electrons. The van der Waals surface area contributed by atoms with Crippen LogP contribution in [0.15, 0.2) is 0 Å². The fraction of sp³-hybridized carbons (Fsp3) is 0. The molecule has 0 saturated heterocycles. The second-order valence-corrected chi connectivity index (χ2v) is 1.20. The second kappa shape index (κ2) is 9.61. The predicted molar refractivity (Wildman–Crippen MR) is 12.0 cm³/mol. The molecule has 0 rings (SSSR count). The van der Waals surface area contributed by atoms with Crippen molar-refractivity contribution in [3.05, 3.63) is 0 Å². The standard InChI is InChI=1S/Li.Mn.H2O3Se.H/c;;1-4(2)3;/h;;(H2,1,2,3);/q+1;;;-1. The van der Waals surface area contributed by atoms with Crippen LogP contribution in [0.2, 0.25) is 0 Å². The molecule has 0 aromatic rings. The molecule has 0 spiro atoms. The second-order valence-electron chi connectivity index (χ2n) is 0.231. The molecule has 0 atom stereocenters. The number of rotatable bonds is 0. The van der Waals surface area contributed by atoms with E-state index in [-0.39, 0.29) is 37.4 Å². The normalized spacial score (nSPS) is 5.83. The van der Waals surface area contributed by atoms with E-state index in [1.165, 1.54) is 0 Å². The third-order valence-corrected chi connectivity index (χ3v) is 0. The van der Waals surface area contributed by atoms with Crippen LogP contribution in [0.3, 0.4) is 0 Å². The van der Waals surface area contributed by atoms with Crippen LogP contribution in [0.5, 0.6) is 0 Å². The minimum absolute atomic E-state index is 0. The summed E-state index contributed by atoms with van der Waals surface area (Å²) in [5.74, 6) is 0. The third-order valence-electron chi connectivity index (χ3n) is 0. The monoisotopic (exact) mass is 193 g/mol. The minimum atomic E-state index is -3.29. The van der Waals surface area contributed by atoms with E-state index < -0.39 is 14.5 Å². The van der Waals surface area contributed by atoms with Crippen molar-refractivity contribution in [2.45, 2.75) is 0 Å². The van der Waals surface area contributed by atoms with Gasteiger partial charge in [0.15, 0.2) is 0 Å². The van der Waals surface area contributed by atoms with Gasteiger partial charge in [0.25, 0.3) is 0 Å². The molecule has 0 aromatic heterocycles. The van der Waals surface area contributed by atoms with E-state index in [4.69, 9.17) is 12.2 Å². The Hall–Kier alpha value is 1.36. The fourth-order valence-corrected chi connectivity index (χ4v) is 0. The van der Waals surface area contributed by atoms with Crippen molar-refractivity contribution < 1.29 is 49.6 Å². The van der Waals surface area contributed by atoms with Gasteiger partial charge in [0.2, 0.25) is 0 Å². The van der Waals surface area contributed by atoms with Crippen LogP contribution in [0, 0.1) is 0 Å². The van der Waals surface area contributed by atoms with Crippen LogP contribution >= 0.6 is 0 Å². The van der Waals surface area contributed by atoms with Crippen LogP contribution in [-0.2, 0) is 20.9 Å². The molecule has 0 aliphatic carbocycles. The van der Waals surface area contributed by atoms with Crippen LogP contribution in [0.25, 0.3) is 0 Å². The zero-order chi connectivity index (χ0) is 3.58. The molecule has 0 fully saturated rings. The van der Waals surface area contributed by atoms with Gasteiger partial charge in [-0.2, -0.15) is 0 Å². The molecule has 0 amide bonds. The Morgan fingerprint density at radius 1 is 1.50 bits per heavy atom. The van der Waals surface area contributed by atoms with E-state index in [1.54, 1.807) is 0 Å². The summed E-state index contributed by atoms with van der Waals surface area (Å²) in [7, 11) is 0. The van der Waals surface area contributed by atoms with Gasteiger partial charge in [-0.05, 0) is 0 Å². The Morgan fingerprint density at radius 2 is 1.50 bits per heavy atom. The first-order valence-corrected chi connectivity index (χ1v) is 2.76. The molecule has 0 heterocycles. The molecule has 3 nitrogen and oxygen atoms in total. The Labute approximate surface area is 64.0 Å². The summed E-state index contributed by atoms with van der Waals surface area (Å²) in [6, 6.07) is 0. The van der Waals surface area contributed by atoms with E-state index in [0.717, 1.165) is 0 Å². The topological polar surface area (TPSA) is 57.5 Å². The van der Waals surface area contributed by atoms with Gasteiger partial charge in [0.05, 0.1) is 0 Å². The predicted octanol–water partition coefficient (Wildman–Crippen LogP) is -4.50. The van der Waals surface area contributed by atoms with Gasteiger partial charge in [0.1, 0.15) is 0 Å². The maximum Gasteiger partial charge on any atom is 1.00 e. The SMILES string of the molecule is O=[Se](O)O.[H-].[Li+].[Mn]. The van der Waals surface area contributed by atoms with Crippen LogP contribution < -0.4 is 18.9 Å². The van der Waals surface area contributed by atoms with Crippen molar-refractivity contribution in [1.82, 2.24) is 0 Å². The van der Waals surface area contributed by atoms with E-state index in [2.05, 4.69) is 0 Å². The van der Waals surface area contributed by atoms with Gasteiger partial charge in [-0.15, -0.1) is 0 Å². The summed E-state index contributed by atoms with van der Waals surface area (Å²) >= 11 is -3.29. The molecule has 6 heavy (non-hydrogen) atoms. The average molecular weight is 192 g/mol. The number of hydrogen-bond acceptors (Lipinski definition) is 1. The minimum Gasteiger partial charge on any atom is -1.00 e. The van der Waals surface area contributed by atoms with Crippen molar-refractivity contribution >= 4 is 14.5 Å². The van der Waals surface area contributed by atoms with Gasteiger partial charge >= 0.3 is 45.6 Å². The summed E-state index contributed by atoms with van der Waals surface area (Å²) in [6.45, 7) is 0. The van der Waals surface area contributed by atoms with E-state index >= 15 is 0 Å². The Morgan fingerprint density at radius 3 is 1.50 bits per heavy atom. The molecule has 1 radical (unpaired) electrons. The summed E-state index contributed by atoms with van der Waals surface area (Å²) < 4.78 is 23.1. The van der Waals surface area contributed by atoms with Crippen molar-refractivity contribution in [2.75, 3.05) is 0 Å². The summed E-state index contributed by atoms with van der Waals surface area (Å²) in [5, 5.41) is 0. The third kappa shape index (κ3) is 55.3. The molecule has 0 unspecified atom stereocenters. The van der Waals surface area contributed by atoms with Crippen molar-refractivity contribution in [3.63, 3.8) is 0 Å². The van der Waals surface area contributed by atoms with Crippen LogP contribution in [0.4, 0.5) is 0 Å². The van der Waals surface area contributed by atoms with Crippen molar-refractivity contribution in [2.24, 2.45) is 0 Å². The van der Waals surface area contributed by atoms with E-state index in [0.29, 0.717) is 0 Å². The molecule has 0 saturated carbocycles. The van der Waals surface area contributed by atoms with E-state index in [1.807, 2.05) is 0 Å². The smallest absolute Gasteiger partial charge is 1.00 e. The first-order chi connectivity index (χ1) is 1.73. The van der Waals surface area contributed by atoms with Crippen LogP contribution in [-0.4, -0.2) is 22.9 Å².